The van der Waals surface area contributed by atoms with Gasteiger partial charge >= 0.3 is 5.97 Å². The third-order valence-electron chi connectivity index (χ3n) is 12.6. The molecule has 0 saturated carbocycles. The topological polar surface area (TPSA) is 460 Å². The highest BCUT2D eigenvalue weighted by Gasteiger charge is 2.56. The monoisotopic (exact) mass is 1040 g/mol. The minimum absolute atomic E-state index is 0.105. The van der Waals surface area contributed by atoms with Crippen LogP contribution in [0.5, 0.6) is 0 Å². The summed E-state index contributed by atoms with van der Waals surface area (Å²) in [6.07, 6.45) is -39.2. The summed E-state index contributed by atoms with van der Waals surface area (Å²) in [7, 11) is 1.24. The maximum atomic E-state index is 12.5. The van der Waals surface area contributed by atoms with Crippen LogP contribution in [0.1, 0.15) is 39.5 Å². The standard InChI is InChI=1S/C41H70N2O28/c1-14(48)42-22-27(54)34(69-40-31(58)29(56)24(51)16(9-44)64-40)18(11-46)66-37(22)63-13-20-26(53)36(33(60)39(68-20)62-8-6-4-5-7-21(50)61-3)71-38-23(43-15(2)49)28(55)35(19(12-47)67-38)70-41-32(59)30(57)25(52)17(10-45)65-41/h16-20,22-41,44-47,51-60H,4-13H2,1-3H3,(H,42,48)(H,43,49)/t16-,17-,18-,19-,20-,22-,23-,24+,25+,26+,27-,28-,29+,30+,31-,32-,33-,34-,35-,36+,37-,38+,39-,40+,41+/m1/s1. The van der Waals surface area contributed by atoms with Gasteiger partial charge in [-0.05, 0) is 12.8 Å². The summed E-state index contributed by atoms with van der Waals surface area (Å²) in [4.78, 5) is 36.6. The third-order valence-corrected chi connectivity index (χ3v) is 12.6. The number of nitrogens with one attached hydrogen (secondary N) is 2. The Bertz CT molecular complexity index is 1660. The number of rotatable bonds is 22. The molecule has 5 aliphatic heterocycles. The summed E-state index contributed by atoms with van der Waals surface area (Å²) >= 11 is 0. The lowest BCUT2D eigenvalue weighted by atomic mass is 9.94. The van der Waals surface area contributed by atoms with E-state index in [1.165, 1.54) is 7.11 Å². The highest BCUT2D eigenvalue weighted by atomic mass is 16.8. The predicted octanol–water partition coefficient (Wildman–Crippen LogP) is -9.88. The molecule has 5 rings (SSSR count). The zero-order valence-corrected chi connectivity index (χ0v) is 39.0. The van der Waals surface area contributed by atoms with Gasteiger partial charge < -0.3 is 134 Å². The van der Waals surface area contributed by atoms with Crippen molar-refractivity contribution in [2.45, 2.75) is 193 Å². The van der Waals surface area contributed by atoms with E-state index in [9.17, 15) is 85.9 Å². The largest absolute Gasteiger partial charge is 0.469 e. The second kappa shape index (κ2) is 27.3. The molecule has 25 atom stereocenters. The molecule has 5 aliphatic rings. The van der Waals surface area contributed by atoms with Crippen LogP contribution in [0.3, 0.4) is 0 Å². The molecule has 0 aromatic rings. The molecule has 0 radical (unpaired) electrons. The summed E-state index contributed by atoms with van der Waals surface area (Å²) in [6.45, 7) is -2.22. The second-order valence-corrected chi connectivity index (χ2v) is 17.7. The molecule has 71 heavy (non-hydrogen) atoms. The summed E-state index contributed by atoms with van der Waals surface area (Å²) in [5.74, 6) is -1.95. The van der Waals surface area contributed by atoms with Gasteiger partial charge in [0.1, 0.15) is 122 Å². The molecular weight excluding hydrogens is 968 g/mol. The first-order valence-electron chi connectivity index (χ1n) is 23.0. The van der Waals surface area contributed by atoms with Crippen molar-refractivity contribution in [2.24, 2.45) is 0 Å². The zero-order valence-electron chi connectivity index (χ0n) is 39.0. The minimum atomic E-state index is -1.96. The van der Waals surface area contributed by atoms with Gasteiger partial charge in [-0.1, -0.05) is 6.42 Å². The number of aliphatic hydroxyl groups excluding tert-OH is 14. The first kappa shape index (κ1) is 59.3. The van der Waals surface area contributed by atoms with Crippen molar-refractivity contribution >= 4 is 17.8 Å². The average Bonchev–Trinajstić information content (AvgIpc) is 3.34. The summed E-state index contributed by atoms with van der Waals surface area (Å²) in [5, 5.41) is 154. The molecule has 0 spiro atoms. The normalized spacial score (nSPS) is 44.2. The minimum Gasteiger partial charge on any atom is -0.469 e. The quantitative estimate of drug-likeness (QED) is 0.0354. The van der Waals surface area contributed by atoms with Crippen LogP contribution in [0.2, 0.25) is 0 Å². The van der Waals surface area contributed by atoms with Crippen LogP contribution in [-0.4, -0.2) is 289 Å². The number of unbranched alkanes of at least 4 members (excludes halogenated alkanes) is 2. The Kier molecular flexibility index (Phi) is 22.8. The molecule has 412 valence electrons. The molecular formula is C41H70N2O28. The van der Waals surface area contributed by atoms with Crippen LogP contribution in [0.4, 0.5) is 0 Å². The van der Waals surface area contributed by atoms with Crippen LogP contribution in [-0.2, 0) is 66.5 Å². The lowest BCUT2D eigenvalue weighted by Crippen LogP contribution is -2.69. The van der Waals surface area contributed by atoms with Crippen LogP contribution in [0.25, 0.3) is 0 Å². The first-order chi connectivity index (χ1) is 33.7. The van der Waals surface area contributed by atoms with Gasteiger partial charge in [-0.3, -0.25) is 14.4 Å². The van der Waals surface area contributed by atoms with E-state index in [0.717, 1.165) is 13.8 Å². The predicted molar refractivity (Wildman–Crippen MR) is 224 cm³/mol. The van der Waals surface area contributed by atoms with Crippen molar-refractivity contribution < 1.29 is 138 Å². The Hall–Kier alpha value is -2.55. The first-order valence-corrected chi connectivity index (χ1v) is 23.0. The molecule has 0 unspecified atom stereocenters. The fourth-order valence-electron chi connectivity index (χ4n) is 8.71. The molecule has 30 heteroatoms. The number of carbonyl (C=O) groups excluding carboxylic acids is 3. The van der Waals surface area contributed by atoms with Gasteiger partial charge in [-0.2, -0.15) is 0 Å². The number of carbonyl (C=O) groups is 3. The van der Waals surface area contributed by atoms with Crippen molar-refractivity contribution in [3.05, 3.63) is 0 Å². The Balaban J connectivity index is 1.37. The lowest BCUT2D eigenvalue weighted by Gasteiger charge is -2.49. The van der Waals surface area contributed by atoms with Gasteiger partial charge in [0.05, 0.1) is 40.1 Å². The SMILES string of the molecule is COC(=O)CCCCCO[C@@H]1O[C@H](CO[C@@H]2O[C@H](CO)[C@@H](O[C@@H]3O[C@H](CO)[C@H](O)[C@H](O)[C@H]3O)[C@H](O)[C@H]2NC(C)=O)[C@H](O)[C@H](O[C@@H]2O[C@H](CO)[C@@H](O[C@@H]3O[C@H](CO)[C@H](O)[C@H](O)[C@H]3O)[C@H](O)[C@H]2NC(C)=O)[C@H]1O. The van der Waals surface area contributed by atoms with Gasteiger partial charge in [0.25, 0.3) is 0 Å². The number of ether oxygens (including phenoxy) is 11. The highest BCUT2D eigenvalue weighted by molar-refractivity contribution is 5.73. The fourth-order valence-corrected chi connectivity index (χ4v) is 8.71. The van der Waals surface area contributed by atoms with Crippen molar-refractivity contribution in [1.29, 1.82) is 0 Å². The summed E-state index contributed by atoms with van der Waals surface area (Å²) < 4.78 is 62.6. The van der Waals surface area contributed by atoms with E-state index in [1.54, 1.807) is 0 Å². The molecule has 0 aromatic heterocycles. The molecule has 5 fully saturated rings. The molecule has 5 saturated heterocycles. The average molecular weight is 1040 g/mol. The van der Waals surface area contributed by atoms with Gasteiger partial charge in [0, 0.05) is 26.9 Å². The number of methoxy groups -OCH3 is 1. The van der Waals surface area contributed by atoms with Crippen LogP contribution >= 0.6 is 0 Å². The Morgan fingerprint density at radius 2 is 0.873 bits per heavy atom. The van der Waals surface area contributed by atoms with Crippen LogP contribution in [0.15, 0.2) is 0 Å². The van der Waals surface area contributed by atoms with Crippen molar-refractivity contribution in [2.75, 3.05) is 46.8 Å². The van der Waals surface area contributed by atoms with Crippen molar-refractivity contribution in [3.63, 3.8) is 0 Å². The van der Waals surface area contributed by atoms with E-state index in [1.807, 2.05) is 0 Å². The second-order valence-electron chi connectivity index (χ2n) is 17.7. The third kappa shape index (κ3) is 14.4. The van der Waals surface area contributed by atoms with E-state index in [4.69, 9.17) is 47.4 Å². The van der Waals surface area contributed by atoms with Crippen molar-refractivity contribution in [3.8, 4) is 0 Å². The molecule has 0 aliphatic carbocycles. The van der Waals surface area contributed by atoms with Gasteiger partial charge in [0.15, 0.2) is 31.5 Å². The number of hydrogen-bond donors (Lipinski definition) is 16. The van der Waals surface area contributed by atoms with Crippen molar-refractivity contribution in [1.82, 2.24) is 10.6 Å². The Morgan fingerprint density at radius 1 is 0.437 bits per heavy atom. The maximum absolute atomic E-state index is 12.5. The maximum Gasteiger partial charge on any atom is 0.305 e. The zero-order chi connectivity index (χ0) is 52.4. The molecule has 0 aromatic carbocycles. The van der Waals surface area contributed by atoms with E-state index >= 15 is 0 Å². The molecule has 0 bridgehead atoms. The lowest BCUT2D eigenvalue weighted by molar-refractivity contribution is -0.371. The Morgan fingerprint density at radius 3 is 1.34 bits per heavy atom. The highest BCUT2D eigenvalue weighted by Crippen LogP contribution is 2.35. The molecule has 16 N–H and O–H groups in total. The van der Waals surface area contributed by atoms with Gasteiger partial charge in [-0.25, -0.2) is 0 Å². The summed E-state index contributed by atoms with van der Waals surface area (Å²) in [6, 6.07) is -3.23. The molecule has 30 nitrogen and oxygen atoms in total. The molecule has 2 amide bonds. The van der Waals surface area contributed by atoms with E-state index in [-0.39, 0.29) is 13.0 Å². The number of amides is 2. The van der Waals surface area contributed by atoms with Gasteiger partial charge in [-0.15, -0.1) is 0 Å². The Labute approximate surface area is 405 Å². The number of esters is 1. The smallest absolute Gasteiger partial charge is 0.305 e. The summed E-state index contributed by atoms with van der Waals surface area (Å²) in [5.41, 5.74) is 0. The number of aliphatic hydroxyl groups is 14. The van der Waals surface area contributed by atoms with Crippen LogP contribution < -0.4 is 10.6 Å². The van der Waals surface area contributed by atoms with E-state index < -0.39 is 204 Å². The molecule has 5 heterocycles. The fraction of sp³-hybridized carbons (Fsp3) is 0.927. The van der Waals surface area contributed by atoms with Gasteiger partial charge in [0.2, 0.25) is 11.8 Å². The van der Waals surface area contributed by atoms with E-state index in [2.05, 4.69) is 15.4 Å². The van der Waals surface area contributed by atoms with Crippen LogP contribution in [0, 0.1) is 0 Å². The van der Waals surface area contributed by atoms with E-state index in [0.29, 0.717) is 19.3 Å². The number of hydrogen-bond acceptors (Lipinski definition) is 28.